The number of hydrogen-bond acceptors (Lipinski definition) is 5. The lowest BCUT2D eigenvalue weighted by Crippen LogP contribution is -2.30. The lowest BCUT2D eigenvalue weighted by molar-refractivity contribution is -0.0303. The van der Waals surface area contributed by atoms with E-state index in [4.69, 9.17) is 10.7 Å². The van der Waals surface area contributed by atoms with Gasteiger partial charge in [-0.2, -0.15) is 5.10 Å². The topological polar surface area (TPSA) is 79.4 Å². The maximum absolute atomic E-state index is 11.4. The van der Waals surface area contributed by atoms with Gasteiger partial charge in [0.15, 0.2) is 0 Å². The summed E-state index contributed by atoms with van der Waals surface area (Å²) < 4.78 is 6.18. The van der Waals surface area contributed by atoms with Crippen LogP contribution in [-0.4, -0.2) is 22.9 Å². The number of nitrogens with zero attached hydrogens (tertiary/aromatic N) is 2. The molecular formula is C9H15N3O3. The minimum Gasteiger partial charge on any atom is -0.465 e. The van der Waals surface area contributed by atoms with E-state index in [-0.39, 0.29) is 0 Å². The first-order valence-electron chi connectivity index (χ1n) is 4.42. The fourth-order valence-electron chi connectivity index (χ4n) is 1.47. The Morgan fingerprint density at radius 2 is 2.20 bits per heavy atom. The molecule has 0 spiro atoms. The number of aryl methyl sites for hydroxylation is 1. The Labute approximate surface area is 87.9 Å². The van der Waals surface area contributed by atoms with Gasteiger partial charge in [-0.15, -0.1) is 0 Å². The summed E-state index contributed by atoms with van der Waals surface area (Å²) in [5.41, 5.74) is 0.140. The molecule has 15 heavy (non-hydrogen) atoms. The molecule has 0 radical (unpaired) electrons. The van der Waals surface area contributed by atoms with Crippen molar-refractivity contribution in [3.8, 4) is 0 Å². The number of hydrogen-bond donors (Lipinski definition) is 1. The zero-order valence-electron chi connectivity index (χ0n) is 9.27. The average molecular weight is 213 g/mol. The van der Waals surface area contributed by atoms with E-state index in [0.29, 0.717) is 11.3 Å². The lowest BCUT2D eigenvalue weighted by Gasteiger charge is -2.23. The van der Waals surface area contributed by atoms with Crippen molar-refractivity contribution in [2.75, 3.05) is 7.11 Å². The van der Waals surface area contributed by atoms with E-state index < -0.39 is 11.6 Å². The van der Waals surface area contributed by atoms with E-state index >= 15 is 0 Å². The maximum atomic E-state index is 11.4. The third-order valence-electron chi connectivity index (χ3n) is 2.21. The first kappa shape index (κ1) is 11.7. The Balaban J connectivity index is 3.27. The number of esters is 1. The number of ether oxygens (including phenoxy) is 1. The highest BCUT2D eigenvalue weighted by Crippen LogP contribution is 2.26. The Bertz CT molecular complexity index is 371. The van der Waals surface area contributed by atoms with Crippen molar-refractivity contribution in [1.82, 2.24) is 9.78 Å². The standard InChI is InChI=1S/C9H15N3O3/c1-9(2,15-10)7-6(8(13)14-4)5-11-12(7)3/h5H,10H2,1-4H3. The van der Waals surface area contributed by atoms with E-state index in [2.05, 4.69) is 9.84 Å². The van der Waals surface area contributed by atoms with Gasteiger partial charge in [-0.25, -0.2) is 10.7 Å². The Morgan fingerprint density at radius 1 is 1.60 bits per heavy atom. The van der Waals surface area contributed by atoms with E-state index in [0.717, 1.165) is 0 Å². The Morgan fingerprint density at radius 3 is 2.67 bits per heavy atom. The van der Waals surface area contributed by atoms with Gasteiger partial charge >= 0.3 is 5.97 Å². The lowest BCUT2D eigenvalue weighted by atomic mass is 10.0. The molecule has 6 nitrogen and oxygen atoms in total. The molecule has 0 aliphatic heterocycles. The van der Waals surface area contributed by atoms with Gasteiger partial charge in [-0.1, -0.05) is 0 Å². The molecule has 2 N–H and O–H groups in total. The van der Waals surface area contributed by atoms with Crippen LogP contribution in [-0.2, 0) is 22.2 Å². The van der Waals surface area contributed by atoms with E-state index in [9.17, 15) is 4.79 Å². The predicted molar refractivity (Wildman–Crippen MR) is 52.8 cm³/mol. The summed E-state index contributed by atoms with van der Waals surface area (Å²) >= 11 is 0. The van der Waals surface area contributed by atoms with Crippen LogP contribution < -0.4 is 5.90 Å². The summed E-state index contributed by atoms with van der Waals surface area (Å²) in [5, 5.41) is 3.98. The van der Waals surface area contributed by atoms with Crippen LogP contribution in [0.15, 0.2) is 6.20 Å². The molecule has 0 amide bonds. The normalized spacial score (nSPS) is 11.5. The third kappa shape index (κ3) is 2.00. The molecule has 0 atom stereocenters. The average Bonchev–Trinajstić information content (AvgIpc) is 2.59. The summed E-state index contributed by atoms with van der Waals surface area (Å²) in [6, 6.07) is 0. The SMILES string of the molecule is COC(=O)c1cnn(C)c1C(C)(C)ON. The minimum atomic E-state index is -0.797. The molecule has 0 aliphatic rings. The maximum Gasteiger partial charge on any atom is 0.341 e. The highest BCUT2D eigenvalue weighted by atomic mass is 16.6. The number of methoxy groups -OCH3 is 1. The van der Waals surface area contributed by atoms with Gasteiger partial charge in [0.2, 0.25) is 0 Å². The predicted octanol–water partition coefficient (Wildman–Crippen LogP) is 0.332. The van der Waals surface area contributed by atoms with Crippen LogP contribution in [0.2, 0.25) is 0 Å². The van der Waals surface area contributed by atoms with Gasteiger partial charge < -0.3 is 4.74 Å². The molecular weight excluding hydrogens is 198 g/mol. The van der Waals surface area contributed by atoms with Gasteiger partial charge in [-0.3, -0.25) is 9.52 Å². The van der Waals surface area contributed by atoms with Gasteiger partial charge in [0.25, 0.3) is 0 Å². The van der Waals surface area contributed by atoms with Gasteiger partial charge in [0, 0.05) is 7.05 Å². The highest BCUT2D eigenvalue weighted by Gasteiger charge is 2.31. The fraction of sp³-hybridized carbons (Fsp3) is 0.556. The van der Waals surface area contributed by atoms with Crippen LogP contribution in [0.1, 0.15) is 29.9 Å². The fourth-order valence-corrected chi connectivity index (χ4v) is 1.47. The van der Waals surface area contributed by atoms with Crippen LogP contribution in [0.5, 0.6) is 0 Å². The summed E-state index contributed by atoms with van der Waals surface area (Å²) in [4.78, 5) is 16.3. The molecule has 1 heterocycles. The molecule has 6 heteroatoms. The van der Waals surface area contributed by atoms with Crippen molar-refractivity contribution in [3.05, 3.63) is 17.5 Å². The molecule has 0 saturated heterocycles. The Hall–Kier alpha value is -1.40. The summed E-state index contributed by atoms with van der Waals surface area (Å²) in [6.45, 7) is 3.49. The van der Waals surface area contributed by atoms with Crippen LogP contribution >= 0.6 is 0 Å². The monoisotopic (exact) mass is 213 g/mol. The molecule has 1 aromatic rings. The molecule has 0 bridgehead atoms. The van der Waals surface area contributed by atoms with Crippen molar-refractivity contribution in [1.29, 1.82) is 0 Å². The van der Waals surface area contributed by atoms with Crippen molar-refractivity contribution in [3.63, 3.8) is 0 Å². The number of nitrogens with two attached hydrogens (primary N) is 1. The minimum absolute atomic E-state index is 0.357. The first-order valence-corrected chi connectivity index (χ1v) is 4.42. The summed E-state index contributed by atoms with van der Waals surface area (Å²) in [6.07, 6.45) is 1.43. The molecule has 0 fully saturated rings. The van der Waals surface area contributed by atoms with E-state index in [1.165, 1.54) is 13.3 Å². The van der Waals surface area contributed by atoms with Crippen LogP contribution in [0.3, 0.4) is 0 Å². The smallest absolute Gasteiger partial charge is 0.341 e. The molecule has 0 aliphatic carbocycles. The third-order valence-corrected chi connectivity index (χ3v) is 2.21. The van der Waals surface area contributed by atoms with Crippen LogP contribution in [0.25, 0.3) is 0 Å². The number of aromatic nitrogens is 2. The number of carbonyl (C=O) groups excluding carboxylic acids is 1. The van der Waals surface area contributed by atoms with E-state index in [1.807, 2.05) is 0 Å². The van der Waals surface area contributed by atoms with Gasteiger partial charge in [-0.05, 0) is 13.8 Å². The molecule has 0 aromatic carbocycles. The molecule has 1 rings (SSSR count). The molecule has 1 aromatic heterocycles. The van der Waals surface area contributed by atoms with Gasteiger partial charge in [0.05, 0.1) is 19.0 Å². The second kappa shape index (κ2) is 4.00. The summed E-state index contributed by atoms with van der Waals surface area (Å²) in [7, 11) is 3.03. The molecule has 84 valence electrons. The van der Waals surface area contributed by atoms with Gasteiger partial charge in [0.1, 0.15) is 11.2 Å². The van der Waals surface area contributed by atoms with E-state index in [1.54, 1.807) is 25.6 Å². The molecule has 0 saturated carbocycles. The number of carbonyl (C=O) groups is 1. The second-order valence-corrected chi connectivity index (χ2v) is 3.65. The number of rotatable bonds is 3. The largest absolute Gasteiger partial charge is 0.465 e. The zero-order valence-corrected chi connectivity index (χ0v) is 9.27. The quantitative estimate of drug-likeness (QED) is 0.578. The van der Waals surface area contributed by atoms with Crippen molar-refractivity contribution in [2.24, 2.45) is 12.9 Å². The highest BCUT2D eigenvalue weighted by molar-refractivity contribution is 5.90. The Kier molecular flexibility index (Phi) is 3.11. The summed E-state index contributed by atoms with van der Waals surface area (Å²) in [5.74, 6) is 4.73. The zero-order chi connectivity index (χ0) is 11.6. The van der Waals surface area contributed by atoms with Crippen molar-refractivity contribution >= 4 is 5.97 Å². The van der Waals surface area contributed by atoms with Crippen molar-refractivity contribution in [2.45, 2.75) is 19.4 Å². The van der Waals surface area contributed by atoms with Crippen LogP contribution in [0, 0.1) is 0 Å². The van der Waals surface area contributed by atoms with Crippen LogP contribution in [0.4, 0.5) is 0 Å². The first-order chi connectivity index (χ1) is 6.94. The molecule has 0 unspecified atom stereocenters. The van der Waals surface area contributed by atoms with Crippen molar-refractivity contribution < 1.29 is 14.4 Å². The second-order valence-electron chi connectivity index (χ2n) is 3.65.